The summed E-state index contributed by atoms with van der Waals surface area (Å²) in [6, 6.07) is 0. The zero-order chi connectivity index (χ0) is 20.8. The highest BCUT2D eigenvalue weighted by molar-refractivity contribution is 5.25. The van der Waals surface area contributed by atoms with Crippen molar-refractivity contribution in [3.63, 3.8) is 0 Å². The molecule has 0 aromatic heterocycles. The van der Waals surface area contributed by atoms with Crippen LogP contribution in [0.2, 0.25) is 0 Å². The zero-order valence-corrected chi connectivity index (χ0v) is 19.3. The second-order valence-electron chi connectivity index (χ2n) is 11.6. The van der Waals surface area contributed by atoms with Crippen molar-refractivity contribution in [2.75, 3.05) is 6.61 Å². The Morgan fingerprint density at radius 1 is 1.17 bits per heavy atom. The Kier molecular flexibility index (Phi) is 6.08. The molecule has 0 unspecified atom stereocenters. The monoisotopic (exact) mass is 400 g/mol. The molecule has 0 aliphatic heterocycles. The van der Waals surface area contributed by atoms with Gasteiger partial charge in [0.1, 0.15) is 0 Å². The molecule has 2 nitrogen and oxygen atoms in total. The fourth-order valence-corrected chi connectivity index (χ4v) is 8.48. The molecule has 0 aromatic rings. The molecule has 2 N–H and O–H groups in total. The van der Waals surface area contributed by atoms with Crippen LogP contribution in [0.5, 0.6) is 0 Å². The van der Waals surface area contributed by atoms with Crippen LogP contribution in [0.3, 0.4) is 0 Å². The molecular formula is C27H44O2. The van der Waals surface area contributed by atoms with E-state index in [4.69, 9.17) is 0 Å². The van der Waals surface area contributed by atoms with Gasteiger partial charge in [0.2, 0.25) is 0 Å². The lowest BCUT2D eigenvalue weighted by atomic mass is 9.47. The largest absolute Gasteiger partial charge is 0.393 e. The topological polar surface area (TPSA) is 40.5 Å². The molecule has 4 rings (SSSR count). The predicted octanol–water partition coefficient (Wildman–Crippen LogP) is 6.28. The predicted molar refractivity (Wildman–Crippen MR) is 120 cm³/mol. The number of fused-ring (bicyclic) bond motifs is 5. The number of aliphatic hydroxyl groups excluding tert-OH is 2. The maximum Gasteiger partial charge on any atom is 0.0639 e. The third-order valence-electron chi connectivity index (χ3n) is 10.2. The molecular weight excluding hydrogens is 356 g/mol. The SMILES string of the molecule is C/C(=C/CC[C@@H](C)[C@H]1CC[C@H]2[C@@H]3CC=C4C[C@@H](O)CC[C@]4(C)[C@H]3CC[C@]12C)CO. The minimum absolute atomic E-state index is 0.0973. The summed E-state index contributed by atoms with van der Waals surface area (Å²) in [7, 11) is 0. The second kappa shape index (κ2) is 8.15. The van der Waals surface area contributed by atoms with Gasteiger partial charge < -0.3 is 10.2 Å². The highest BCUT2D eigenvalue weighted by Crippen LogP contribution is 2.67. The summed E-state index contributed by atoms with van der Waals surface area (Å²) in [4.78, 5) is 0. The highest BCUT2D eigenvalue weighted by Gasteiger charge is 2.59. The van der Waals surface area contributed by atoms with Crippen molar-refractivity contribution in [3.8, 4) is 0 Å². The molecule has 3 saturated carbocycles. The Morgan fingerprint density at radius 2 is 1.97 bits per heavy atom. The van der Waals surface area contributed by atoms with Crippen LogP contribution < -0.4 is 0 Å². The summed E-state index contributed by atoms with van der Waals surface area (Å²) in [5.41, 5.74) is 3.59. The molecule has 0 amide bonds. The van der Waals surface area contributed by atoms with E-state index in [9.17, 15) is 10.2 Å². The van der Waals surface area contributed by atoms with Crippen LogP contribution in [0, 0.1) is 40.4 Å². The van der Waals surface area contributed by atoms with E-state index in [1.54, 1.807) is 5.57 Å². The van der Waals surface area contributed by atoms with Gasteiger partial charge in [0.15, 0.2) is 0 Å². The fraction of sp³-hybridized carbons (Fsp3) is 0.852. The normalized spacial score (nSPS) is 45.8. The van der Waals surface area contributed by atoms with Gasteiger partial charge in [-0.3, -0.25) is 0 Å². The summed E-state index contributed by atoms with van der Waals surface area (Å²) in [6.07, 6.45) is 17.1. The maximum atomic E-state index is 10.2. The summed E-state index contributed by atoms with van der Waals surface area (Å²) in [5, 5.41) is 19.5. The minimum Gasteiger partial charge on any atom is -0.393 e. The van der Waals surface area contributed by atoms with Crippen LogP contribution in [-0.2, 0) is 0 Å². The van der Waals surface area contributed by atoms with E-state index in [0.29, 0.717) is 10.8 Å². The van der Waals surface area contributed by atoms with E-state index in [1.807, 2.05) is 6.92 Å². The van der Waals surface area contributed by atoms with E-state index in [-0.39, 0.29) is 12.7 Å². The van der Waals surface area contributed by atoms with E-state index in [1.165, 1.54) is 44.9 Å². The standard InChI is InChI=1S/C27H44O2/c1-18(17-28)6-5-7-19(2)23-10-11-24-22-9-8-20-16-21(29)12-14-26(20,3)25(22)13-15-27(23,24)4/h6,8,19,21-25,28-29H,5,7,9-17H2,1-4H3/b18-6-/t19-,21+,22+,23-,24+,25+,26+,27-/m1/s1. The van der Waals surface area contributed by atoms with Crippen molar-refractivity contribution < 1.29 is 10.2 Å². The van der Waals surface area contributed by atoms with Gasteiger partial charge >= 0.3 is 0 Å². The summed E-state index contributed by atoms with van der Waals surface area (Å²) < 4.78 is 0. The molecule has 0 saturated heterocycles. The Labute approximate surface area is 178 Å². The third kappa shape index (κ3) is 3.67. The van der Waals surface area contributed by atoms with Crippen molar-refractivity contribution in [2.24, 2.45) is 40.4 Å². The minimum atomic E-state index is -0.0973. The lowest BCUT2D eigenvalue weighted by Crippen LogP contribution is -2.50. The molecule has 0 radical (unpaired) electrons. The van der Waals surface area contributed by atoms with Crippen LogP contribution in [0.4, 0.5) is 0 Å². The average molecular weight is 401 g/mol. The van der Waals surface area contributed by atoms with Gasteiger partial charge in [-0.15, -0.1) is 0 Å². The molecule has 4 aliphatic carbocycles. The van der Waals surface area contributed by atoms with Crippen LogP contribution >= 0.6 is 0 Å². The Bertz CT molecular complexity index is 663. The molecule has 8 atom stereocenters. The van der Waals surface area contributed by atoms with Crippen LogP contribution in [0.1, 0.15) is 91.9 Å². The zero-order valence-electron chi connectivity index (χ0n) is 19.3. The quantitative estimate of drug-likeness (QED) is 0.533. The van der Waals surface area contributed by atoms with E-state index >= 15 is 0 Å². The number of hydrogen-bond donors (Lipinski definition) is 2. The number of allylic oxidation sites excluding steroid dienone is 2. The molecule has 0 bridgehead atoms. The van der Waals surface area contributed by atoms with Gasteiger partial charge in [-0.25, -0.2) is 0 Å². The number of hydrogen-bond acceptors (Lipinski definition) is 2. The van der Waals surface area contributed by atoms with Gasteiger partial charge in [-0.05, 0) is 112 Å². The molecule has 0 aromatic carbocycles. The van der Waals surface area contributed by atoms with Crippen molar-refractivity contribution in [2.45, 2.75) is 98.0 Å². The Balaban J connectivity index is 1.48. The third-order valence-corrected chi connectivity index (χ3v) is 10.2. The van der Waals surface area contributed by atoms with Gasteiger partial charge in [0.05, 0.1) is 12.7 Å². The maximum absolute atomic E-state index is 10.2. The summed E-state index contributed by atoms with van der Waals surface area (Å²) in [6.45, 7) is 9.91. The molecule has 164 valence electrons. The second-order valence-corrected chi connectivity index (χ2v) is 11.6. The first-order chi connectivity index (χ1) is 13.8. The first-order valence-electron chi connectivity index (χ1n) is 12.4. The van der Waals surface area contributed by atoms with Crippen molar-refractivity contribution >= 4 is 0 Å². The van der Waals surface area contributed by atoms with Crippen LogP contribution in [-0.4, -0.2) is 22.9 Å². The molecule has 0 spiro atoms. The molecule has 4 aliphatic rings. The van der Waals surface area contributed by atoms with E-state index < -0.39 is 0 Å². The fourth-order valence-electron chi connectivity index (χ4n) is 8.48. The Morgan fingerprint density at radius 3 is 2.72 bits per heavy atom. The van der Waals surface area contributed by atoms with Gasteiger partial charge in [0.25, 0.3) is 0 Å². The van der Waals surface area contributed by atoms with Crippen molar-refractivity contribution in [1.29, 1.82) is 0 Å². The first kappa shape index (κ1) is 21.6. The van der Waals surface area contributed by atoms with E-state index in [2.05, 4.69) is 32.9 Å². The highest BCUT2D eigenvalue weighted by atomic mass is 16.3. The van der Waals surface area contributed by atoms with Gasteiger partial charge in [-0.2, -0.15) is 0 Å². The van der Waals surface area contributed by atoms with Gasteiger partial charge in [-0.1, -0.05) is 44.1 Å². The smallest absolute Gasteiger partial charge is 0.0639 e. The first-order valence-corrected chi connectivity index (χ1v) is 12.4. The summed E-state index contributed by atoms with van der Waals surface area (Å²) >= 11 is 0. The molecule has 2 heteroatoms. The molecule has 0 heterocycles. The molecule has 3 fully saturated rings. The Hall–Kier alpha value is -0.600. The van der Waals surface area contributed by atoms with Crippen molar-refractivity contribution in [1.82, 2.24) is 0 Å². The van der Waals surface area contributed by atoms with Gasteiger partial charge in [0, 0.05) is 0 Å². The number of aliphatic hydroxyl groups is 2. The average Bonchev–Trinajstić information content (AvgIpc) is 3.05. The van der Waals surface area contributed by atoms with Crippen LogP contribution in [0.25, 0.3) is 0 Å². The van der Waals surface area contributed by atoms with Crippen molar-refractivity contribution in [3.05, 3.63) is 23.3 Å². The molecule has 29 heavy (non-hydrogen) atoms. The lowest BCUT2D eigenvalue weighted by molar-refractivity contribution is -0.0571. The van der Waals surface area contributed by atoms with Crippen LogP contribution in [0.15, 0.2) is 23.3 Å². The van der Waals surface area contributed by atoms with E-state index in [0.717, 1.165) is 54.4 Å². The lowest BCUT2D eigenvalue weighted by Gasteiger charge is -2.58. The number of rotatable bonds is 5. The summed E-state index contributed by atoms with van der Waals surface area (Å²) in [5.74, 6) is 4.25.